The molecule has 4 heterocycles. The fraction of sp³-hybridized carbons (Fsp3) is 0.444. The monoisotopic (exact) mass is 661 g/mol. The first-order valence-electron chi connectivity index (χ1n) is 16.5. The van der Waals surface area contributed by atoms with Crippen LogP contribution in [0.5, 0.6) is 0 Å². The molecule has 3 aliphatic rings. The van der Waals surface area contributed by atoms with Crippen LogP contribution in [0.3, 0.4) is 0 Å². The summed E-state index contributed by atoms with van der Waals surface area (Å²) in [5, 5.41) is 0. The number of carbonyl (C=O) groups is 1. The van der Waals surface area contributed by atoms with Gasteiger partial charge in [-0.15, -0.1) is 0 Å². The molecular formula is C36H41F2N5O3S. The van der Waals surface area contributed by atoms with Crippen molar-refractivity contribution in [3.8, 4) is 0 Å². The summed E-state index contributed by atoms with van der Waals surface area (Å²) in [4.78, 5) is 22.6. The Hall–Kier alpha value is -3.83. The fourth-order valence-corrected chi connectivity index (χ4v) is 9.12. The van der Waals surface area contributed by atoms with Crippen molar-refractivity contribution in [2.45, 2.75) is 75.4 Å². The maximum Gasteiger partial charge on any atom is 0.256 e. The molecule has 2 unspecified atom stereocenters. The molecule has 2 bridgehead atoms. The van der Waals surface area contributed by atoms with E-state index in [4.69, 9.17) is 4.98 Å². The largest absolute Gasteiger partial charge is 0.338 e. The molecule has 3 fully saturated rings. The van der Waals surface area contributed by atoms with Crippen molar-refractivity contribution in [1.82, 2.24) is 19.4 Å². The molecule has 0 saturated carbocycles. The van der Waals surface area contributed by atoms with Crippen LogP contribution in [-0.2, 0) is 15.4 Å². The Bertz CT molecular complexity index is 1910. The highest BCUT2D eigenvalue weighted by atomic mass is 32.2. The zero-order chi connectivity index (χ0) is 32.9. The molecule has 47 heavy (non-hydrogen) atoms. The summed E-state index contributed by atoms with van der Waals surface area (Å²) in [7, 11) is -3.58. The first-order valence-corrected chi connectivity index (χ1v) is 18.4. The van der Waals surface area contributed by atoms with Gasteiger partial charge in [-0.3, -0.25) is 14.4 Å². The predicted octanol–water partition coefficient (Wildman–Crippen LogP) is 6.43. The molecule has 3 aliphatic heterocycles. The normalized spacial score (nSPS) is 22.9. The molecule has 8 nitrogen and oxygen atoms in total. The number of amides is 1. The summed E-state index contributed by atoms with van der Waals surface area (Å²) >= 11 is 0. The van der Waals surface area contributed by atoms with Crippen LogP contribution in [0, 0.1) is 18.6 Å². The van der Waals surface area contributed by atoms with Crippen molar-refractivity contribution >= 4 is 32.7 Å². The SMILES string of the molecule is Cc1nc2ccccc2n1C1CC2CCC(C1)N2CCC1(c2cccc(F)c2)CCN(C(=O)c2ccc(NS(C)(=O)=O)cc2F)CC1. The number of carbonyl (C=O) groups excluding carboxylic acids is 1. The minimum absolute atomic E-state index is 0.0665. The Morgan fingerprint density at radius 3 is 2.36 bits per heavy atom. The van der Waals surface area contributed by atoms with E-state index in [9.17, 15) is 22.0 Å². The van der Waals surface area contributed by atoms with Gasteiger partial charge >= 0.3 is 0 Å². The molecule has 0 spiro atoms. The molecule has 0 radical (unpaired) electrons. The van der Waals surface area contributed by atoms with E-state index in [0.717, 1.165) is 55.0 Å². The van der Waals surface area contributed by atoms with Gasteiger partial charge in [-0.2, -0.15) is 0 Å². The Labute approximate surface area is 274 Å². The topological polar surface area (TPSA) is 87.5 Å². The number of anilines is 1. The quantitative estimate of drug-likeness (QED) is 0.235. The number of fused-ring (bicyclic) bond motifs is 3. The average molecular weight is 662 g/mol. The third kappa shape index (κ3) is 6.27. The van der Waals surface area contributed by atoms with Crippen molar-refractivity contribution in [2.24, 2.45) is 0 Å². The molecule has 1 N–H and O–H groups in total. The van der Waals surface area contributed by atoms with Gasteiger partial charge in [0.05, 0.1) is 28.5 Å². The molecule has 1 amide bonds. The van der Waals surface area contributed by atoms with Crippen molar-refractivity contribution in [3.05, 3.63) is 95.3 Å². The lowest BCUT2D eigenvalue weighted by atomic mass is 9.70. The maximum atomic E-state index is 15.0. The Morgan fingerprint density at radius 1 is 0.957 bits per heavy atom. The van der Waals surface area contributed by atoms with Crippen LogP contribution < -0.4 is 4.72 Å². The van der Waals surface area contributed by atoms with Crippen LogP contribution in [0.25, 0.3) is 11.0 Å². The number of piperidine rings is 2. The number of hydrogen-bond acceptors (Lipinski definition) is 5. The standard InChI is InChI=1S/C36H41F2N5O3S/c1-24-39-33-8-3-4-9-34(33)43(24)30-22-28-11-12-29(23-30)42(28)19-16-36(25-6-5-7-26(37)20-25)14-17-41(18-15-36)35(44)31-13-10-27(21-32(31)38)40-47(2,45)46/h3-10,13,20-21,28-30,40H,11-12,14-19,22-23H2,1-2H3. The maximum absolute atomic E-state index is 15.0. The van der Waals surface area contributed by atoms with E-state index in [2.05, 4.69) is 39.3 Å². The summed E-state index contributed by atoms with van der Waals surface area (Å²) < 4.78 is 57.3. The Kier molecular flexibility index (Phi) is 8.32. The van der Waals surface area contributed by atoms with Crippen LogP contribution >= 0.6 is 0 Å². The molecule has 2 atom stereocenters. The molecule has 248 valence electrons. The third-order valence-corrected chi connectivity index (χ3v) is 11.4. The zero-order valence-corrected chi connectivity index (χ0v) is 27.6. The van der Waals surface area contributed by atoms with E-state index < -0.39 is 21.7 Å². The van der Waals surface area contributed by atoms with E-state index in [1.807, 2.05) is 12.1 Å². The first-order chi connectivity index (χ1) is 22.5. The van der Waals surface area contributed by atoms with E-state index in [1.54, 1.807) is 17.0 Å². The van der Waals surface area contributed by atoms with E-state index >= 15 is 0 Å². The van der Waals surface area contributed by atoms with E-state index in [-0.39, 0.29) is 22.5 Å². The number of sulfonamides is 1. The first kappa shape index (κ1) is 31.8. The van der Waals surface area contributed by atoms with Crippen LogP contribution in [0.2, 0.25) is 0 Å². The molecule has 3 saturated heterocycles. The molecule has 3 aromatic carbocycles. The number of halogens is 2. The average Bonchev–Trinajstić information content (AvgIpc) is 3.49. The van der Waals surface area contributed by atoms with Gasteiger partial charge in [0.25, 0.3) is 5.91 Å². The number of hydrogen-bond donors (Lipinski definition) is 1. The van der Waals surface area contributed by atoms with Crippen LogP contribution in [-0.4, -0.2) is 71.6 Å². The van der Waals surface area contributed by atoms with Gasteiger partial charge in [-0.25, -0.2) is 22.2 Å². The molecule has 7 rings (SSSR count). The summed E-state index contributed by atoms with van der Waals surface area (Å²) in [5.74, 6) is -0.405. The molecule has 11 heteroatoms. The van der Waals surface area contributed by atoms with Gasteiger partial charge in [0.1, 0.15) is 17.5 Å². The summed E-state index contributed by atoms with van der Waals surface area (Å²) in [5.41, 5.74) is 2.86. The van der Waals surface area contributed by atoms with Gasteiger partial charge in [-0.05, 0) is 112 Å². The van der Waals surface area contributed by atoms with Crippen LogP contribution in [0.15, 0.2) is 66.7 Å². The van der Waals surface area contributed by atoms with Crippen molar-refractivity contribution < 1.29 is 22.0 Å². The van der Waals surface area contributed by atoms with Crippen molar-refractivity contribution in [2.75, 3.05) is 30.6 Å². The molecular weight excluding hydrogens is 620 g/mol. The second-order valence-corrected chi connectivity index (χ2v) is 15.4. The van der Waals surface area contributed by atoms with Gasteiger partial charge in [0.15, 0.2) is 0 Å². The second-order valence-electron chi connectivity index (χ2n) is 13.7. The summed E-state index contributed by atoms with van der Waals surface area (Å²) in [6, 6.07) is 20.4. The smallest absolute Gasteiger partial charge is 0.256 e. The highest BCUT2D eigenvalue weighted by molar-refractivity contribution is 7.92. The lowest BCUT2D eigenvalue weighted by Gasteiger charge is -2.45. The van der Waals surface area contributed by atoms with Gasteiger partial charge in [0.2, 0.25) is 10.0 Å². The van der Waals surface area contributed by atoms with Crippen LogP contribution in [0.4, 0.5) is 14.5 Å². The lowest BCUT2D eigenvalue weighted by Crippen LogP contribution is -2.49. The van der Waals surface area contributed by atoms with Crippen LogP contribution in [0.1, 0.15) is 72.7 Å². The number of benzene rings is 3. The number of aryl methyl sites for hydroxylation is 1. The lowest BCUT2D eigenvalue weighted by molar-refractivity contribution is 0.0602. The van der Waals surface area contributed by atoms with E-state index in [1.165, 1.54) is 36.6 Å². The molecule has 0 aliphatic carbocycles. The second kappa shape index (κ2) is 12.3. The summed E-state index contributed by atoms with van der Waals surface area (Å²) in [6.07, 6.45) is 7.63. The highest BCUT2D eigenvalue weighted by Crippen LogP contribution is 2.45. The minimum Gasteiger partial charge on any atom is -0.338 e. The Balaban J connectivity index is 1.06. The van der Waals surface area contributed by atoms with Gasteiger partial charge in [0, 0.05) is 31.2 Å². The zero-order valence-electron chi connectivity index (χ0n) is 26.8. The third-order valence-electron chi connectivity index (χ3n) is 10.8. The number of aromatic nitrogens is 2. The van der Waals surface area contributed by atoms with Crippen molar-refractivity contribution in [3.63, 3.8) is 0 Å². The number of rotatable bonds is 8. The fourth-order valence-electron chi connectivity index (χ4n) is 8.57. The van der Waals surface area contributed by atoms with Gasteiger partial charge < -0.3 is 9.47 Å². The number of imidazole rings is 1. The Morgan fingerprint density at radius 2 is 1.68 bits per heavy atom. The number of nitrogens with one attached hydrogen (secondary N) is 1. The predicted molar refractivity (Wildman–Crippen MR) is 179 cm³/mol. The highest BCUT2D eigenvalue weighted by Gasteiger charge is 2.44. The number of likely N-dealkylation sites (tertiary alicyclic amines) is 1. The minimum atomic E-state index is -3.58. The number of para-hydroxylation sites is 2. The van der Waals surface area contributed by atoms with Gasteiger partial charge in [-0.1, -0.05) is 24.3 Å². The molecule has 4 aromatic rings. The van der Waals surface area contributed by atoms with Crippen molar-refractivity contribution in [1.29, 1.82) is 0 Å². The molecule has 1 aromatic heterocycles. The summed E-state index contributed by atoms with van der Waals surface area (Å²) in [6.45, 7) is 3.84. The number of nitrogens with zero attached hydrogens (tertiary/aromatic N) is 4. The van der Waals surface area contributed by atoms with E-state index in [0.29, 0.717) is 44.1 Å².